The van der Waals surface area contributed by atoms with Crippen LogP contribution in [-0.2, 0) is 5.54 Å². The Morgan fingerprint density at radius 3 is 2.14 bits per heavy atom. The SMILES string of the molecule is Cc1nn(C(C)(C)C)c(C(F)F)c1I. The highest BCUT2D eigenvalue weighted by atomic mass is 127. The van der Waals surface area contributed by atoms with Crippen molar-refractivity contribution in [3.8, 4) is 0 Å². The second-order valence-corrected chi connectivity index (χ2v) is 5.25. The van der Waals surface area contributed by atoms with Gasteiger partial charge < -0.3 is 0 Å². The van der Waals surface area contributed by atoms with Crippen LogP contribution < -0.4 is 0 Å². The van der Waals surface area contributed by atoms with Crippen molar-refractivity contribution in [2.24, 2.45) is 0 Å². The Morgan fingerprint density at radius 2 is 1.86 bits per heavy atom. The van der Waals surface area contributed by atoms with Crippen molar-refractivity contribution in [1.82, 2.24) is 9.78 Å². The van der Waals surface area contributed by atoms with Gasteiger partial charge in [0.2, 0.25) is 0 Å². The van der Waals surface area contributed by atoms with Gasteiger partial charge in [0.05, 0.1) is 14.8 Å². The van der Waals surface area contributed by atoms with Gasteiger partial charge in [0.25, 0.3) is 6.43 Å². The largest absolute Gasteiger partial charge is 0.281 e. The third-order valence-electron chi connectivity index (χ3n) is 1.86. The number of aryl methyl sites for hydroxylation is 1. The molecule has 0 aliphatic rings. The Kier molecular flexibility index (Phi) is 3.18. The van der Waals surface area contributed by atoms with E-state index in [1.54, 1.807) is 6.92 Å². The molecule has 5 heteroatoms. The van der Waals surface area contributed by atoms with Crippen molar-refractivity contribution in [2.45, 2.75) is 39.7 Å². The first-order valence-electron chi connectivity index (χ1n) is 4.28. The van der Waals surface area contributed by atoms with E-state index in [9.17, 15) is 8.78 Å². The quantitative estimate of drug-likeness (QED) is 0.726. The molecule has 1 aromatic heterocycles. The van der Waals surface area contributed by atoms with E-state index in [2.05, 4.69) is 5.10 Å². The van der Waals surface area contributed by atoms with E-state index in [-0.39, 0.29) is 5.69 Å². The van der Waals surface area contributed by atoms with Crippen LogP contribution >= 0.6 is 22.6 Å². The highest BCUT2D eigenvalue weighted by Crippen LogP contribution is 2.30. The van der Waals surface area contributed by atoms with Gasteiger partial charge in [-0.25, -0.2) is 8.78 Å². The lowest BCUT2D eigenvalue weighted by Gasteiger charge is -2.22. The van der Waals surface area contributed by atoms with Gasteiger partial charge in [0, 0.05) is 0 Å². The lowest BCUT2D eigenvalue weighted by molar-refractivity contribution is 0.129. The summed E-state index contributed by atoms with van der Waals surface area (Å²) in [4.78, 5) is 0. The second kappa shape index (κ2) is 3.75. The van der Waals surface area contributed by atoms with Crippen LogP contribution in [0.15, 0.2) is 0 Å². The number of rotatable bonds is 1. The third kappa shape index (κ3) is 2.07. The number of alkyl halides is 2. The van der Waals surface area contributed by atoms with E-state index in [1.807, 2.05) is 43.4 Å². The molecular weight excluding hydrogens is 301 g/mol. The summed E-state index contributed by atoms with van der Waals surface area (Å²) < 4.78 is 27.5. The smallest absolute Gasteiger partial charge is 0.257 e. The minimum Gasteiger partial charge on any atom is -0.257 e. The summed E-state index contributed by atoms with van der Waals surface area (Å²) in [5.41, 5.74) is 0.284. The fourth-order valence-electron chi connectivity index (χ4n) is 1.23. The first-order chi connectivity index (χ1) is 6.25. The van der Waals surface area contributed by atoms with Crippen molar-refractivity contribution in [1.29, 1.82) is 0 Å². The van der Waals surface area contributed by atoms with Crippen LogP contribution in [-0.4, -0.2) is 9.78 Å². The second-order valence-electron chi connectivity index (χ2n) is 4.17. The monoisotopic (exact) mass is 314 g/mol. The topological polar surface area (TPSA) is 17.8 Å². The standard InChI is InChI=1S/C9H13F2IN2/c1-5-6(12)7(8(10)11)14(13-5)9(2,3)4/h8H,1-4H3. The Balaban J connectivity index is 3.37. The maximum atomic E-state index is 12.8. The number of halogens is 3. The molecule has 14 heavy (non-hydrogen) atoms. The lowest BCUT2D eigenvalue weighted by Crippen LogP contribution is -2.25. The summed E-state index contributed by atoms with van der Waals surface area (Å²) in [6.07, 6.45) is -2.47. The molecule has 0 aromatic carbocycles. The van der Waals surface area contributed by atoms with Crippen LogP contribution in [0.1, 0.15) is 38.6 Å². The van der Waals surface area contributed by atoms with Gasteiger partial charge in [0.15, 0.2) is 0 Å². The summed E-state index contributed by atoms with van der Waals surface area (Å²) in [6.45, 7) is 7.33. The number of aromatic nitrogens is 2. The normalized spacial score (nSPS) is 12.6. The molecule has 0 saturated carbocycles. The molecule has 0 aliphatic carbocycles. The zero-order chi connectivity index (χ0) is 11.1. The van der Waals surface area contributed by atoms with Crippen LogP contribution in [0.3, 0.4) is 0 Å². The molecule has 0 spiro atoms. The number of hydrogen-bond acceptors (Lipinski definition) is 1. The Bertz CT molecular complexity index is 339. The molecule has 0 atom stereocenters. The van der Waals surface area contributed by atoms with Crippen LogP contribution in [0.25, 0.3) is 0 Å². The van der Waals surface area contributed by atoms with Crippen LogP contribution in [0.2, 0.25) is 0 Å². The van der Waals surface area contributed by atoms with Crippen LogP contribution in [0, 0.1) is 10.5 Å². The lowest BCUT2D eigenvalue weighted by atomic mass is 10.1. The molecule has 1 rings (SSSR count). The average molecular weight is 314 g/mol. The van der Waals surface area contributed by atoms with Gasteiger partial charge in [-0.05, 0) is 50.3 Å². The first-order valence-corrected chi connectivity index (χ1v) is 5.36. The number of hydrogen-bond donors (Lipinski definition) is 0. The molecule has 0 aliphatic heterocycles. The van der Waals surface area contributed by atoms with Gasteiger partial charge in [-0.2, -0.15) is 5.10 Å². The molecule has 1 aromatic rings. The molecule has 0 saturated heterocycles. The summed E-state index contributed by atoms with van der Waals surface area (Å²) in [5, 5.41) is 4.13. The average Bonchev–Trinajstić information content (AvgIpc) is 2.27. The van der Waals surface area contributed by atoms with Crippen LogP contribution in [0.4, 0.5) is 8.78 Å². The molecule has 0 radical (unpaired) electrons. The van der Waals surface area contributed by atoms with Gasteiger partial charge in [-0.3, -0.25) is 4.68 Å². The van der Waals surface area contributed by atoms with Crippen molar-refractivity contribution < 1.29 is 8.78 Å². The molecule has 0 amide bonds. The predicted molar refractivity (Wildman–Crippen MR) is 59.6 cm³/mol. The van der Waals surface area contributed by atoms with Crippen molar-refractivity contribution >= 4 is 22.6 Å². The minimum absolute atomic E-state index is 0.0237. The molecule has 0 fully saturated rings. The highest BCUT2D eigenvalue weighted by Gasteiger charge is 2.27. The Morgan fingerprint density at radius 1 is 1.36 bits per heavy atom. The molecule has 2 nitrogen and oxygen atoms in total. The van der Waals surface area contributed by atoms with Gasteiger partial charge in [0.1, 0.15) is 5.69 Å². The zero-order valence-corrected chi connectivity index (χ0v) is 10.8. The van der Waals surface area contributed by atoms with E-state index in [0.29, 0.717) is 9.26 Å². The predicted octanol–water partition coefficient (Wildman–Crippen LogP) is 3.49. The van der Waals surface area contributed by atoms with Gasteiger partial charge in [-0.1, -0.05) is 0 Å². The van der Waals surface area contributed by atoms with E-state index < -0.39 is 12.0 Å². The molecule has 0 unspecified atom stereocenters. The van der Waals surface area contributed by atoms with E-state index in [4.69, 9.17) is 0 Å². The first kappa shape index (κ1) is 11.9. The highest BCUT2D eigenvalue weighted by molar-refractivity contribution is 14.1. The van der Waals surface area contributed by atoms with Crippen LogP contribution in [0.5, 0.6) is 0 Å². The maximum Gasteiger partial charge on any atom is 0.281 e. The van der Waals surface area contributed by atoms with Gasteiger partial charge >= 0.3 is 0 Å². The Hall–Kier alpha value is -0.200. The maximum absolute atomic E-state index is 12.8. The van der Waals surface area contributed by atoms with Crippen molar-refractivity contribution in [3.63, 3.8) is 0 Å². The summed E-state index contributed by atoms with van der Waals surface area (Å²) >= 11 is 1.92. The minimum atomic E-state index is -2.47. The molecular formula is C9H13F2IN2. The summed E-state index contributed by atoms with van der Waals surface area (Å²) in [6, 6.07) is 0. The molecule has 0 bridgehead atoms. The Labute approximate surface area is 95.8 Å². The van der Waals surface area contributed by atoms with E-state index in [0.717, 1.165) is 0 Å². The fourth-order valence-corrected chi connectivity index (χ4v) is 1.80. The van der Waals surface area contributed by atoms with E-state index in [1.165, 1.54) is 4.68 Å². The summed E-state index contributed by atoms with van der Waals surface area (Å²) in [5.74, 6) is 0. The summed E-state index contributed by atoms with van der Waals surface area (Å²) in [7, 11) is 0. The van der Waals surface area contributed by atoms with Crippen molar-refractivity contribution in [2.75, 3.05) is 0 Å². The van der Waals surface area contributed by atoms with E-state index >= 15 is 0 Å². The third-order valence-corrected chi connectivity index (χ3v) is 3.20. The molecule has 0 N–H and O–H groups in total. The fraction of sp³-hybridized carbons (Fsp3) is 0.667. The number of nitrogens with zero attached hydrogens (tertiary/aromatic N) is 2. The molecule has 80 valence electrons. The van der Waals surface area contributed by atoms with Crippen molar-refractivity contribution in [3.05, 3.63) is 15.0 Å². The van der Waals surface area contributed by atoms with Gasteiger partial charge in [-0.15, -0.1) is 0 Å². The molecule has 1 heterocycles. The zero-order valence-electron chi connectivity index (χ0n) is 8.61.